The minimum Gasteiger partial charge on any atom is -0.444 e. The van der Waals surface area contributed by atoms with Gasteiger partial charge in [0, 0.05) is 0 Å². The maximum absolute atomic E-state index is 10.9. The standard InChI is InChI=1S/C10H8BrNO3/c1-6(13)4-7-5-14-10(12-7)8-2-3-9(11)15-8/h2-3,5H,4H2,1H3. The maximum atomic E-state index is 10.9. The molecule has 0 saturated heterocycles. The van der Waals surface area contributed by atoms with E-state index in [-0.39, 0.29) is 12.2 Å². The number of ketones is 1. The molecule has 2 aromatic rings. The first-order chi connectivity index (χ1) is 7.15. The Bertz CT molecular complexity index is 486. The number of carbonyl (C=O) groups is 1. The molecule has 2 aromatic heterocycles. The highest BCUT2D eigenvalue weighted by molar-refractivity contribution is 9.10. The number of oxazole rings is 1. The molecule has 2 heterocycles. The summed E-state index contributed by atoms with van der Waals surface area (Å²) < 4.78 is 11.1. The van der Waals surface area contributed by atoms with Gasteiger partial charge in [-0.25, -0.2) is 4.98 Å². The first-order valence-corrected chi connectivity index (χ1v) is 5.14. The van der Waals surface area contributed by atoms with Crippen LogP contribution in [0.25, 0.3) is 11.7 Å². The van der Waals surface area contributed by atoms with E-state index in [1.165, 1.54) is 13.2 Å². The molecule has 0 radical (unpaired) electrons. The van der Waals surface area contributed by atoms with Gasteiger partial charge >= 0.3 is 0 Å². The van der Waals surface area contributed by atoms with E-state index in [0.29, 0.717) is 22.0 Å². The number of rotatable bonds is 3. The van der Waals surface area contributed by atoms with Gasteiger partial charge in [0.25, 0.3) is 5.89 Å². The van der Waals surface area contributed by atoms with Crippen LogP contribution >= 0.6 is 15.9 Å². The molecule has 0 unspecified atom stereocenters. The molecule has 0 aromatic carbocycles. The summed E-state index contributed by atoms with van der Waals surface area (Å²) in [5, 5.41) is 0. The third kappa shape index (κ3) is 2.36. The van der Waals surface area contributed by atoms with Crippen LogP contribution in [0, 0.1) is 0 Å². The second-order valence-corrected chi connectivity index (χ2v) is 3.91. The summed E-state index contributed by atoms with van der Waals surface area (Å²) in [5.41, 5.74) is 0.616. The Labute approximate surface area is 94.4 Å². The molecule has 0 aliphatic rings. The third-order valence-electron chi connectivity index (χ3n) is 1.77. The second-order valence-electron chi connectivity index (χ2n) is 3.13. The number of aromatic nitrogens is 1. The van der Waals surface area contributed by atoms with Crippen LogP contribution in [0.4, 0.5) is 0 Å². The minimum absolute atomic E-state index is 0.0514. The van der Waals surface area contributed by atoms with Crippen LogP contribution in [0.1, 0.15) is 12.6 Å². The van der Waals surface area contributed by atoms with Gasteiger partial charge in [-0.3, -0.25) is 4.79 Å². The largest absolute Gasteiger partial charge is 0.444 e. The van der Waals surface area contributed by atoms with Crippen molar-refractivity contribution in [3.05, 3.63) is 28.8 Å². The van der Waals surface area contributed by atoms with Crippen LogP contribution in [-0.2, 0) is 11.2 Å². The lowest BCUT2D eigenvalue weighted by Gasteiger charge is -1.87. The Morgan fingerprint density at radius 2 is 2.33 bits per heavy atom. The average Bonchev–Trinajstić information content (AvgIpc) is 2.72. The van der Waals surface area contributed by atoms with E-state index in [2.05, 4.69) is 20.9 Å². The van der Waals surface area contributed by atoms with Crippen molar-refractivity contribution >= 4 is 21.7 Å². The van der Waals surface area contributed by atoms with Crippen LogP contribution in [0.15, 0.2) is 31.9 Å². The van der Waals surface area contributed by atoms with E-state index in [1.54, 1.807) is 12.1 Å². The fourth-order valence-electron chi connectivity index (χ4n) is 1.19. The van der Waals surface area contributed by atoms with Gasteiger partial charge in [-0.05, 0) is 35.0 Å². The van der Waals surface area contributed by atoms with Gasteiger partial charge in [0.15, 0.2) is 10.4 Å². The summed E-state index contributed by atoms with van der Waals surface area (Å²) in [4.78, 5) is 15.0. The van der Waals surface area contributed by atoms with Gasteiger partial charge in [-0.1, -0.05) is 0 Å². The van der Waals surface area contributed by atoms with Gasteiger partial charge < -0.3 is 8.83 Å². The highest BCUT2D eigenvalue weighted by Gasteiger charge is 2.11. The van der Waals surface area contributed by atoms with Crippen molar-refractivity contribution in [2.75, 3.05) is 0 Å². The maximum Gasteiger partial charge on any atom is 0.263 e. The van der Waals surface area contributed by atoms with Gasteiger partial charge in [0.05, 0.1) is 12.1 Å². The van der Waals surface area contributed by atoms with Crippen LogP contribution in [0.2, 0.25) is 0 Å². The summed E-state index contributed by atoms with van der Waals surface area (Å²) in [7, 11) is 0. The van der Waals surface area contributed by atoms with Gasteiger partial charge in [-0.2, -0.15) is 0 Å². The molecule has 0 atom stereocenters. The predicted octanol–water partition coefficient (Wildman–Crippen LogP) is 2.83. The zero-order valence-corrected chi connectivity index (χ0v) is 9.58. The lowest BCUT2D eigenvalue weighted by atomic mass is 10.2. The SMILES string of the molecule is CC(=O)Cc1coc(-c2ccc(Br)o2)n1. The lowest BCUT2D eigenvalue weighted by molar-refractivity contribution is -0.116. The smallest absolute Gasteiger partial charge is 0.263 e. The Balaban J connectivity index is 2.23. The predicted molar refractivity (Wildman–Crippen MR) is 56.3 cm³/mol. The molecular weight excluding hydrogens is 262 g/mol. The molecule has 0 amide bonds. The van der Waals surface area contributed by atoms with Crippen molar-refractivity contribution in [2.45, 2.75) is 13.3 Å². The Kier molecular flexibility index (Phi) is 2.73. The number of halogens is 1. The van der Waals surface area contributed by atoms with E-state index in [0.717, 1.165) is 0 Å². The number of carbonyl (C=O) groups excluding carboxylic acids is 1. The van der Waals surface area contributed by atoms with Gasteiger partial charge in [-0.15, -0.1) is 0 Å². The summed E-state index contributed by atoms with van der Waals surface area (Å²) in [5.74, 6) is 0.976. The Hall–Kier alpha value is -1.36. The highest BCUT2D eigenvalue weighted by Crippen LogP contribution is 2.24. The van der Waals surface area contributed by atoms with E-state index in [4.69, 9.17) is 8.83 Å². The molecule has 15 heavy (non-hydrogen) atoms. The van der Waals surface area contributed by atoms with Gasteiger partial charge in [0.1, 0.15) is 12.0 Å². The highest BCUT2D eigenvalue weighted by atomic mass is 79.9. The molecular formula is C10H8BrNO3. The summed E-state index contributed by atoms with van der Waals surface area (Å²) in [6.45, 7) is 1.51. The summed E-state index contributed by atoms with van der Waals surface area (Å²) in [6.07, 6.45) is 1.75. The van der Waals surface area contributed by atoms with Crippen molar-refractivity contribution in [1.82, 2.24) is 4.98 Å². The minimum atomic E-state index is 0.0514. The molecule has 0 saturated carbocycles. The zero-order chi connectivity index (χ0) is 10.8. The molecule has 4 nitrogen and oxygen atoms in total. The van der Waals surface area contributed by atoms with Crippen molar-refractivity contribution in [2.24, 2.45) is 0 Å². The monoisotopic (exact) mass is 269 g/mol. The fourth-order valence-corrected chi connectivity index (χ4v) is 1.49. The van der Waals surface area contributed by atoms with E-state index < -0.39 is 0 Å². The Morgan fingerprint density at radius 3 is 2.93 bits per heavy atom. The first kappa shape index (κ1) is 10.2. The lowest BCUT2D eigenvalue weighted by Crippen LogP contribution is -1.95. The Morgan fingerprint density at radius 1 is 1.53 bits per heavy atom. The zero-order valence-electron chi connectivity index (χ0n) is 7.99. The number of furan rings is 1. The van der Waals surface area contributed by atoms with Crippen LogP contribution < -0.4 is 0 Å². The molecule has 0 spiro atoms. The van der Waals surface area contributed by atoms with E-state index in [1.807, 2.05) is 0 Å². The van der Waals surface area contributed by atoms with Crippen molar-refractivity contribution < 1.29 is 13.6 Å². The molecule has 0 bridgehead atoms. The van der Waals surface area contributed by atoms with E-state index >= 15 is 0 Å². The van der Waals surface area contributed by atoms with Crippen molar-refractivity contribution in [3.8, 4) is 11.7 Å². The van der Waals surface area contributed by atoms with Crippen LogP contribution in [-0.4, -0.2) is 10.8 Å². The molecule has 2 rings (SSSR count). The molecule has 5 heteroatoms. The third-order valence-corrected chi connectivity index (χ3v) is 2.19. The second kappa shape index (κ2) is 4.02. The number of nitrogens with zero attached hydrogens (tertiary/aromatic N) is 1. The quantitative estimate of drug-likeness (QED) is 0.860. The van der Waals surface area contributed by atoms with E-state index in [9.17, 15) is 4.79 Å². The van der Waals surface area contributed by atoms with Crippen molar-refractivity contribution in [1.29, 1.82) is 0 Å². The molecule has 0 fully saturated rings. The van der Waals surface area contributed by atoms with Crippen molar-refractivity contribution in [3.63, 3.8) is 0 Å². The van der Waals surface area contributed by atoms with Crippen LogP contribution in [0.5, 0.6) is 0 Å². The molecule has 78 valence electrons. The normalized spacial score (nSPS) is 10.5. The van der Waals surface area contributed by atoms with Crippen LogP contribution in [0.3, 0.4) is 0 Å². The molecule has 0 N–H and O–H groups in total. The number of hydrogen-bond acceptors (Lipinski definition) is 4. The molecule has 0 aliphatic heterocycles. The summed E-state index contributed by atoms with van der Waals surface area (Å²) >= 11 is 3.19. The number of hydrogen-bond donors (Lipinski definition) is 0. The summed E-state index contributed by atoms with van der Waals surface area (Å²) in [6, 6.07) is 3.50. The first-order valence-electron chi connectivity index (χ1n) is 4.34. The van der Waals surface area contributed by atoms with Gasteiger partial charge in [0.2, 0.25) is 0 Å². The average molecular weight is 270 g/mol. The fraction of sp³-hybridized carbons (Fsp3) is 0.200. The topological polar surface area (TPSA) is 56.2 Å². The molecule has 0 aliphatic carbocycles. The number of Topliss-reactive ketones (excluding diaryl/α,β-unsaturated/α-hetero) is 1.